The van der Waals surface area contributed by atoms with E-state index in [0.717, 1.165) is 29.7 Å². The molecule has 2 amide bonds. The van der Waals surface area contributed by atoms with Crippen molar-refractivity contribution in [2.45, 2.75) is 32.1 Å². The van der Waals surface area contributed by atoms with Crippen LogP contribution in [0.4, 0.5) is 5.69 Å². The SMILES string of the molecule is Cc1ccc(N2C[C@@H](C(=O)N3CCC(c4nc(-c5ccccc5)no4)CC3)CC2=O)cc1. The Morgan fingerprint density at radius 3 is 2.47 bits per heavy atom. The molecular weight excluding hydrogens is 404 g/mol. The van der Waals surface area contributed by atoms with Crippen LogP contribution in [0.3, 0.4) is 0 Å². The predicted octanol–water partition coefficient (Wildman–Crippen LogP) is 3.80. The van der Waals surface area contributed by atoms with Crippen LogP contribution in [0.5, 0.6) is 0 Å². The molecule has 32 heavy (non-hydrogen) atoms. The quantitative estimate of drug-likeness (QED) is 0.629. The first-order valence-electron chi connectivity index (χ1n) is 11.1. The van der Waals surface area contributed by atoms with Gasteiger partial charge in [0.1, 0.15) is 0 Å². The molecule has 2 aromatic carbocycles. The lowest BCUT2D eigenvalue weighted by molar-refractivity contribution is -0.136. The molecule has 0 radical (unpaired) electrons. The first kappa shape index (κ1) is 20.4. The van der Waals surface area contributed by atoms with Crippen LogP contribution in [0.2, 0.25) is 0 Å². The number of carbonyl (C=O) groups excluding carboxylic acids is 2. The minimum atomic E-state index is -0.284. The molecule has 2 aliphatic rings. The maximum absolute atomic E-state index is 13.1. The molecule has 7 nitrogen and oxygen atoms in total. The van der Waals surface area contributed by atoms with Crippen LogP contribution in [0.25, 0.3) is 11.4 Å². The summed E-state index contributed by atoms with van der Waals surface area (Å²) in [6.45, 7) is 3.75. The normalized spacial score (nSPS) is 19.5. The molecular formula is C25H26N4O3. The van der Waals surface area contributed by atoms with E-state index in [1.807, 2.05) is 66.4 Å². The highest BCUT2D eigenvalue weighted by molar-refractivity contribution is 6.00. The van der Waals surface area contributed by atoms with Crippen LogP contribution >= 0.6 is 0 Å². The summed E-state index contributed by atoms with van der Waals surface area (Å²) in [5, 5.41) is 4.12. The molecule has 0 unspecified atom stereocenters. The fourth-order valence-corrected chi connectivity index (χ4v) is 4.56. The predicted molar refractivity (Wildman–Crippen MR) is 120 cm³/mol. The molecule has 2 fully saturated rings. The van der Waals surface area contributed by atoms with E-state index in [1.165, 1.54) is 0 Å². The summed E-state index contributed by atoms with van der Waals surface area (Å²) < 4.78 is 5.52. The number of hydrogen-bond acceptors (Lipinski definition) is 5. The van der Waals surface area contributed by atoms with Gasteiger partial charge in [-0.3, -0.25) is 9.59 Å². The van der Waals surface area contributed by atoms with Gasteiger partial charge < -0.3 is 14.3 Å². The number of likely N-dealkylation sites (tertiary alicyclic amines) is 1. The van der Waals surface area contributed by atoms with Gasteiger partial charge in [-0.25, -0.2) is 0 Å². The van der Waals surface area contributed by atoms with Crippen LogP contribution in [0.15, 0.2) is 59.1 Å². The summed E-state index contributed by atoms with van der Waals surface area (Å²) >= 11 is 0. The van der Waals surface area contributed by atoms with Crippen LogP contribution in [-0.2, 0) is 9.59 Å². The number of anilines is 1. The summed E-state index contributed by atoms with van der Waals surface area (Å²) in [7, 11) is 0. The van der Waals surface area contributed by atoms with Gasteiger partial charge in [0.05, 0.1) is 5.92 Å². The molecule has 0 spiro atoms. The molecule has 5 rings (SSSR count). The number of nitrogens with zero attached hydrogens (tertiary/aromatic N) is 4. The fourth-order valence-electron chi connectivity index (χ4n) is 4.56. The first-order valence-corrected chi connectivity index (χ1v) is 11.1. The third-order valence-corrected chi connectivity index (χ3v) is 6.45. The average molecular weight is 431 g/mol. The summed E-state index contributed by atoms with van der Waals surface area (Å²) in [6.07, 6.45) is 1.84. The Balaban J connectivity index is 1.19. The molecule has 0 N–H and O–H groups in total. The summed E-state index contributed by atoms with van der Waals surface area (Å²) in [5.74, 6) is 1.19. The fraction of sp³-hybridized carbons (Fsp3) is 0.360. The lowest BCUT2D eigenvalue weighted by Gasteiger charge is -2.32. The Labute approximate surface area is 187 Å². The van der Waals surface area contributed by atoms with E-state index in [4.69, 9.17) is 4.52 Å². The second-order valence-electron chi connectivity index (χ2n) is 8.66. The Morgan fingerprint density at radius 2 is 1.75 bits per heavy atom. The highest BCUT2D eigenvalue weighted by Crippen LogP contribution is 2.31. The number of amides is 2. The number of hydrogen-bond donors (Lipinski definition) is 0. The summed E-state index contributed by atoms with van der Waals surface area (Å²) in [6, 6.07) is 17.6. The largest absolute Gasteiger partial charge is 0.342 e. The van der Waals surface area contributed by atoms with E-state index < -0.39 is 0 Å². The van der Waals surface area contributed by atoms with Gasteiger partial charge in [0.15, 0.2) is 0 Å². The van der Waals surface area contributed by atoms with Crippen molar-refractivity contribution >= 4 is 17.5 Å². The Bertz CT molecular complexity index is 1100. The minimum Gasteiger partial charge on any atom is -0.342 e. The van der Waals surface area contributed by atoms with Gasteiger partial charge in [-0.05, 0) is 31.9 Å². The highest BCUT2D eigenvalue weighted by atomic mass is 16.5. The molecule has 1 aromatic heterocycles. The van der Waals surface area contributed by atoms with E-state index in [9.17, 15) is 9.59 Å². The van der Waals surface area contributed by atoms with Gasteiger partial charge in [-0.2, -0.15) is 4.98 Å². The zero-order valence-electron chi connectivity index (χ0n) is 18.1. The smallest absolute Gasteiger partial charge is 0.230 e. The molecule has 3 heterocycles. The Kier molecular flexibility index (Phi) is 5.47. The molecule has 2 aliphatic heterocycles. The number of rotatable bonds is 4. The zero-order valence-corrected chi connectivity index (χ0v) is 18.1. The molecule has 1 atom stereocenters. The molecule has 3 aromatic rings. The van der Waals surface area contributed by atoms with Crippen molar-refractivity contribution in [3.8, 4) is 11.4 Å². The van der Waals surface area contributed by atoms with Crippen molar-refractivity contribution in [2.75, 3.05) is 24.5 Å². The lowest BCUT2D eigenvalue weighted by atomic mass is 9.95. The number of benzene rings is 2. The van der Waals surface area contributed by atoms with Crippen molar-refractivity contribution < 1.29 is 14.1 Å². The molecule has 164 valence electrons. The van der Waals surface area contributed by atoms with Crippen molar-refractivity contribution in [2.24, 2.45) is 5.92 Å². The maximum Gasteiger partial charge on any atom is 0.230 e. The number of aromatic nitrogens is 2. The van der Waals surface area contributed by atoms with Crippen molar-refractivity contribution in [3.05, 3.63) is 66.1 Å². The molecule has 0 saturated carbocycles. The number of carbonyl (C=O) groups is 2. The van der Waals surface area contributed by atoms with Crippen LogP contribution in [-0.4, -0.2) is 46.5 Å². The Morgan fingerprint density at radius 1 is 1.03 bits per heavy atom. The lowest BCUT2D eigenvalue weighted by Crippen LogP contribution is -2.42. The summed E-state index contributed by atoms with van der Waals surface area (Å²) in [5.41, 5.74) is 2.94. The standard InChI is InChI=1S/C25H26N4O3/c1-17-7-9-21(10-8-17)29-16-20(15-22(29)30)25(31)28-13-11-19(12-14-28)24-26-23(27-32-24)18-5-3-2-4-6-18/h2-10,19-20H,11-16H2,1H3/t20-/m0/s1. The Hall–Kier alpha value is -3.48. The number of aryl methyl sites for hydroxylation is 1. The highest BCUT2D eigenvalue weighted by Gasteiger charge is 2.38. The van der Waals surface area contributed by atoms with Gasteiger partial charge in [-0.1, -0.05) is 53.2 Å². The molecule has 2 saturated heterocycles. The molecule has 0 bridgehead atoms. The average Bonchev–Trinajstić information content (AvgIpc) is 3.47. The van der Waals surface area contributed by atoms with E-state index in [-0.39, 0.29) is 30.1 Å². The zero-order chi connectivity index (χ0) is 22.1. The van der Waals surface area contributed by atoms with E-state index in [2.05, 4.69) is 10.1 Å². The third-order valence-electron chi connectivity index (χ3n) is 6.45. The van der Waals surface area contributed by atoms with Crippen LogP contribution in [0, 0.1) is 12.8 Å². The van der Waals surface area contributed by atoms with Crippen molar-refractivity contribution in [1.82, 2.24) is 15.0 Å². The third kappa shape index (κ3) is 4.02. The number of piperidine rings is 1. The van der Waals surface area contributed by atoms with Gasteiger partial charge in [0, 0.05) is 43.2 Å². The van der Waals surface area contributed by atoms with Gasteiger partial charge >= 0.3 is 0 Å². The topological polar surface area (TPSA) is 79.5 Å². The van der Waals surface area contributed by atoms with Gasteiger partial charge in [-0.15, -0.1) is 0 Å². The van der Waals surface area contributed by atoms with Gasteiger partial charge in [0.25, 0.3) is 0 Å². The monoisotopic (exact) mass is 430 g/mol. The first-order chi connectivity index (χ1) is 15.6. The molecule has 7 heteroatoms. The van der Waals surface area contributed by atoms with E-state index in [0.29, 0.717) is 31.3 Å². The van der Waals surface area contributed by atoms with E-state index >= 15 is 0 Å². The second kappa shape index (κ2) is 8.57. The van der Waals surface area contributed by atoms with Crippen LogP contribution in [0.1, 0.15) is 36.6 Å². The molecule has 0 aliphatic carbocycles. The van der Waals surface area contributed by atoms with Crippen molar-refractivity contribution in [3.63, 3.8) is 0 Å². The summed E-state index contributed by atoms with van der Waals surface area (Å²) in [4.78, 5) is 33.8. The van der Waals surface area contributed by atoms with Crippen LogP contribution < -0.4 is 4.90 Å². The van der Waals surface area contributed by atoms with E-state index in [1.54, 1.807) is 4.90 Å². The minimum absolute atomic E-state index is 0.0152. The van der Waals surface area contributed by atoms with Gasteiger partial charge in [0.2, 0.25) is 23.5 Å². The van der Waals surface area contributed by atoms with Crippen molar-refractivity contribution in [1.29, 1.82) is 0 Å². The maximum atomic E-state index is 13.1. The second-order valence-corrected chi connectivity index (χ2v) is 8.66.